The van der Waals surface area contributed by atoms with Crippen molar-refractivity contribution in [2.45, 2.75) is 18.8 Å². The summed E-state index contributed by atoms with van der Waals surface area (Å²) in [5, 5.41) is 13.7. The SMILES string of the molecule is COc1ccc(NC(=O)C[C@@H](CC(=O)[O-])c2ccccc2)cc1. The Bertz CT molecular complexity index is 652. The summed E-state index contributed by atoms with van der Waals surface area (Å²) < 4.78 is 5.06. The molecule has 5 heteroatoms. The summed E-state index contributed by atoms with van der Waals surface area (Å²) in [6, 6.07) is 16.1. The molecule has 1 atom stereocenters. The van der Waals surface area contributed by atoms with Crippen LogP contribution in [0.5, 0.6) is 5.75 Å². The van der Waals surface area contributed by atoms with Gasteiger partial charge in [-0.15, -0.1) is 0 Å². The molecule has 0 bridgehead atoms. The van der Waals surface area contributed by atoms with Crippen molar-refractivity contribution < 1.29 is 19.4 Å². The molecule has 0 saturated heterocycles. The van der Waals surface area contributed by atoms with E-state index in [0.717, 1.165) is 5.56 Å². The Morgan fingerprint density at radius 2 is 1.70 bits per heavy atom. The molecule has 0 fully saturated rings. The number of amides is 1. The van der Waals surface area contributed by atoms with E-state index < -0.39 is 11.9 Å². The van der Waals surface area contributed by atoms with Crippen LogP contribution in [0.4, 0.5) is 5.69 Å². The van der Waals surface area contributed by atoms with Crippen molar-refractivity contribution in [3.05, 3.63) is 60.2 Å². The quantitative estimate of drug-likeness (QED) is 0.847. The van der Waals surface area contributed by atoms with Gasteiger partial charge in [0.2, 0.25) is 5.91 Å². The predicted octanol–water partition coefficient (Wildman–Crippen LogP) is 1.95. The summed E-state index contributed by atoms with van der Waals surface area (Å²) in [6.45, 7) is 0. The van der Waals surface area contributed by atoms with Gasteiger partial charge in [-0.2, -0.15) is 0 Å². The molecule has 1 N–H and O–H groups in total. The fourth-order valence-corrected chi connectivity index (χ4v) is 2.34. The van der Waals surface area contributed by atoms with Gasteiger partial charge in [0.05, 0.1) is 7.11 Å². The minimum absolute atomic E-state index is 0.0734. The van der Waals surface area contributed by atoms with Gasteiger partial charge in [0.15, 0.2) is 0 Å². The van der Waals surface area contributed by atoms with Gasteiger partial charge < -0.3 is 20.0 Å². The highest BCUT2D eigenvalue weighted by molar-refractivity contribution is 5.91. The zero-order valence-corrected chi connectivity index (χ0v) is 12.8. The number of carboxylic acid groups (broad SMARTS) is 1. The number of benzene rings is 2. The highest BCUT2D eigenvalue weighted by Gasteiger charge is 2.16. The summed E-state index contributed by atoms with van der Waals surface area (Å²) in [5.74, 6) is -1.14. The number of hydrogen-bond donors (Lipinski definition) is 1. The maximum atomic E-state index is 12.2. The number of carbonyl (C=O) groups is 2. The summed E-state index contributed by atoms with van der Waals surface area (Å²) in [6.07, 6.45) is -0.121. The molecule has 0 heterocycles. The zero-order chi connectivity index (χ0) is 16.7. The van der Waals surface area contributed by atoms with E-state index in [9.17, 15) is 14.7 Å². The number of methoxy groups -OCH3 is 1. The van der Waals surface area contributed by atoms with Gasteiger partial charge in [-0.25, -0.2) is 0 Å². The van der Waals surface area contributed by atoms with Crippen molar-refractivity contribution in [3.63, 3.8) is 0 Å². The number of anilines is 1. The van der Waals surface area contributed by atoms with Crippen LogP contribution in [-0.4, -0.2) is 19.0 Å². The van der Waals surface area contributed by atoms with Gasteiger partial charge >= 0.3 is 0 Å². The van der Waals surface area contributed by atoms with Crippen LogP contribution in [0.25, 0.3) is 0 Å². The van der Waals surface area contributed by atoms with Crippen molar-refractivity contribution in [2.24, 2.45) is 0 Å². The third-order valence-corrected chi connectivity index (χ3v) is 3.49. The van der Waals surface area contributed by atoms with Gasteiger partial charge in [0, 0.05) is 18.1 Å². The Morgan fingerprint density at radius 1 is 1.04 bits per heavy atom. The van der Waals surface area contributed by atoms with Gasteiger partial charge in [-0.3, -0.25) is 4.79 Å². The molecular formula is C18H18NO4-. The molecule has 0 spiro atoms. The number of rotatable bonds is 7. The first kappa shape index (κ1) is 16.5. The lowest BCUT2D eigenvalue weighted by Crippen LogP contribution is -2.26. The first-order chi connectivity index (χ1) is 11.1. The van der Waals surface area contributed by atoms with Crippen LogP contribution >= 0.6 is 0 Å². The number of ether oxygens (including phenoxy) is 1. The van der Waals surface area contributed by atoms with Crippen LogP contribution in [0.1, 0.15) is 24.3 Å². The van der Waals surface area contributed by atoms with E-state index in [-0.39, 0.29) is 18.7 Å². The minimum Gasteiger partial charge on any atom is -0.550 e. The Labute approximate surface area is 134 Å². The largest absolute Gasteiger partial charge is 0.550 e. The third kappa shape index (κ3) is 5.14. The molecule has 0 aromatic heterocycles. The van der Waals surface area contributed by atoms with E-state index in [4.69, 9.17) is 4.74 Å². The number of hydrogen-bond acceptors (Lipinski definition) is 4. The summed E-state index contributed by atoms with van der Waals surface area (Å²) >= 11 is 0. The first-order valence-electron chi connectivity index (χ1n) is 7.27. The maximum absolute atomic E-state index is 12.2. The molecule has 0 aliphatic rings. The lowest BCUT2D eigenvalue weighted by Gasteiger charge is -2.17. The second kappa shape index (κ2) is 7.98. The predicted molar refractivity (Wildman–Crippen MR) is 85.0 cm³/mol. The van der Waals surface area contributed by atoms with E-state index in [0.29, 0.717) is 11.4 Å². The maximum Gasteiger partial charge on any atom is 0.224 e. The van der Waals surface area contributed by atoms with Gasteiger partial charge in [0.1, 0.15) is 5.75 Å². The van der Waals surface area contributed by atoms with E-state index in [1.807, 2.05) is 30.3 Å². The minimum atomic E-state index is -1.17. The van der Waals surface area contributed by atoms with Gasteiger partial charge in [-0.1, -0.05) is 30.3 Å². The monoisotopic (exact) mass is 312 g/mol. The summed E-state index contributed by atoms with van der Waals surface area (Å²) in [7, 11) is 1.57. The van der Waals surface area contributed by atoms with Crippen molar-refractivity contribution in [1.82, 2.24) is 0 Å². The Morgan fingerprint density at radius 3 is 2.26 bits per heavy atom. The summed E-state index contributed by atoms with van der Waals surface area (Å²) in [4.78, 5) is 23.1. The van der Waals surface area contributed by atoms with Gasteiger partial charge in [-0.05, 0) is 42.2 Å². The van der Waals surface area contributed by atoms with Crippen LogP contribution < -0.4 is 15.2 Å². The molecule has 1 amide bonds. The van der Waals surface area contributed by atoms with Crippen LogP contribution in [0.15, 0.2) is 54.6 Å². The second-order valence-corrected chi connectivity index (χ2v) is 5.16. The van der Waals surface area contributed by atoms with Crippen molar-refractivity contribution >= 4 is 17.6 Å². The average molecular weight is 312 g/mol. The number of carbonyl (C=O) groups excluding carboxylic acids is 2. The van der Waals surface area contributed by atoms with E-state index in [1.165, 1.54) is 0 Å². The Balaban J connectivity index is 2.03. The molecule has 0 unspecified atom stereocenters. The normalized spacial score (nSPS) is 11.5. The lowest BCUT2D eigenvalue weighted by atomic mass is 9.92. The third-order valence-electron chi connectivity index (χ3n) is 3.49. The molecule has 5 nitrogen and oxygen atoms in total. The molecular weight excluding hydrogens is 294 g/mol. The van der Waals surface area contributed by atoms with E-state index >= 15 is 0 Å². The van der Waals surface area contributed by atoms with Crippen LogP contribution in [0.3, 0.4) is 0 Å². The second-order valence-electron chi connectivity index (χ2n) is 5.16. The Hall–Kier alpha value is -2.82. The molecule has 2 rings (SSSR count). The molecule has 0 aliphatic heterocycles. The standard InChI is InChI=1S/C18H19NO4/c1-23-16-9-7-15(8-10-16)19-17(20)11-14(12-18(21)22)13-5-3-2-4-6-13/h2-10,14H,11-12H2,1H3,(H,19,20)(H,21,22)/p-1/t14-/m0/s1. The molecule has 0 radical (unpaired) electrons. The average Bonchev–Trinajstić information content (AvgIpc) is 2.55. The molecule has 23 heavy (non-hydrogen) atoms. The number of nitrogens with one attached hydrogen (secondary N) is 1. The molecule has 120 valence electrons. The van der Waals surface area contributed by atoms with Crippen molar-refractivity contribution in [2.75, 3.05) is 12.4 Å². The Kier molecular flexibility index (Phi) is 5.74. The van der Waals surface area contributed by atoms with E-state index in [1.54, 1.807) is 31.4 Å². The van der Waals surface area contributed by atoms with Crippen molar-refractivity contribution in [3.8, 4) is 5.75 Å². The van der Waals surface area contributed by atoms with Crippen molar-refractivity contribution in [1.29, 1.82) is 0 Å². The van der Waals surface area contributed by atoms with Crippen LogP contribution in [-0.2, 0) is 9.59 Å². The zero-order valence-electron chi connectivity index (χ0n) is 12.8. The smallest absolute Gasteiger partial charge is 0.224 e. The fourth-order valence-electron chi connectivity index (χ4n) is 2.34. The highest BCUT2D eigenvalue weighted by Crippen LogP contribution is 2.24. The topological polar surface area (TPSA) is 78.5 Å². The number of carboxylic acids is 1. The first-order valence-corrected chi connectivity index (χ1v) is 7.27. The van der Waals surface area contributed by atoms with E-state index in [2.05, 4.69) is 5.32 Å². The van der Waals surface area contributed by atoms with Crippen LogP contribution in [0.2, 0.25) is 0 Å². The lowest BCUT2D eigenvalue weighted by molar-refractivity contribution is -0.306. The summed E-state index contributed by atoms with van der Waals surface area (Å²) in [5.41, 5.74) is 1.44. The number of aliphatic carboxylic acids is 1. The van der Waals surface area contributed by atoms with Crippen LogP contribution in [0, 0.1) is 0 Å². The molecule has 2 aromatic carbocycles. The molecule has 2 aromatic rings. The van der Waals surface area contributed by atoms with Gasteiger partial charge in [0.25, 0.3) is 0 Å². The fraction of sp³-hybridized carbons (Fsp3) is 0.222. The highest BCUT2D eigenvalue weighted by atomic mass is 16.5. The molecule has 0 aliphatic carbocycles. The molecule has 0 saturated carbocycles.